The molecule has 0 fully saturated rings. The van der Waals surface area contributed by atoms with E-state index in [2.05, 4.69) is 25.8 Å². The second-order valence-electron chi connectivity index (χ2n) is 8.36. The van der Waals surface area contributed by atoms with Gasteiger partial charge in [0.1, 0.15) is 6.61 Å². The van der Waals surface area contributed by atoms with Crippen LogP contribution in [0.2, 0.25) is 0 Å². The fourth-order valence-corrected chi connectivity index (χ4v) is 4.04. The Bertz CT molecular complexity index is 1180. The van der Waals surface area contributed by atoms with Crippen molar-refractivity contribution in [1.82, 2.24) is 20.5 Å². The quantitative estimate of drug-likeness (QED) is 0.401. The topological polar surface area (TPSA) is 146 Å². The highest BCUT2D eigenvalue weighted by atomic mass is 16.5. The van der Waals surface area contributed by atoms with Gasteiger partial charge in [0.15, 0.2) is 0 Å². The van der Waals surface area contributed by atoms with Gasteiger partial charge in [-0.1, -0.05) is 62.4 Å². The minimum atomic E-state index is -0.995. The molecule has 1 aliphatic carbocycles. The summed E-state index contributed by atoms with van der Waals surface area (Å²) in [6.07, 6.45) is -0.751. The first-order valence-corrected chi connectivity index (χ1v) is 10.9. The number of hydrogen-bond acceptors (Lipinski definition) is 6. The zero-order valence-corrected chi connectivity index (χ0v) is 18.7. The van der Waals surface area contributed by atoms with E-state index in [9.17, 15) is 19.5 Å². The number of amides is 2. The number of fused-ring (bicyclic) bond motifs is 3. The molecule has 0 saturated carbocycles. The van der Waals surface area contributed by atoms with Crippen molar-refractivity contribution in [3.8, 4) is 11.1 Å². The zero-order valence-electron chi connectivity index (χ0n) is 18.7. The Morgan fingerprint density at radius 1 is 1.06 bits per heavy atom. The number of carboxylic acids is 1. The molecule has 1 aromatic heterocycles. The molecule has 4 N–H and O–H groups in total. The van der Waals surface area contributed by atoms with Gasteiger partial charge in [-0.15, -0.1) is 5.10 Å². The van der Waals surface area contributed by atoms with Gasteiger partial charge in [0, 0.05) is 12.5 Å². The summed E-state index contributed by atoms with van der Waals surface area (Å²) in [6.45, 7) is 3.59. The number of ether oxygens (including phenoxy) is 1. The standard InChI is InChI=1S/C24H25N5O5/c1-13(2)18(22(31)32)11-25-21(30)20-26-23(29-28-20)27-24(33)34-12-19-16-9-5-3-7-14(16)15-8-4-6-10-17(15)19/h3-10,13,18-19H,11-12H2,1-2H3,(H,25,30)(H,31,32)(H2,26,27,28,29,33). The number of carbonyl (C=O) groups excluding carboxylic acids is 2. The number of H-pyrrole nitrogens is 1. The zero-order chi connectivity index (χ0) is 24.2. The van der Waals surface area contributed by atoms with Crippen molar-refractivity contribution >= 4 is 23.9 Å². The van der Waals surface area contributed by atoms with Crippen LogP contribution in [-0.4, -0.2) is 51.4 Å². The van der Waals surface area contributed by atoms with Crippen molar-refractivity contribution in [2.75, 3.05) is 18.5 Å². The molecular weight excluding hydrogens is 438 g/mol. The summed E-state index contributed by atoms with van der Waals surface area (Å²) >= 11 is 0. The lowest BCUT2D eigenvalue weighted by molar-refractivity contribution is -0.142. The minimum absolute atomic E-state index is 0.0539. The Balaban J connectivity index is 1.33. The molecule has 2 amide bonds. The Morgan fingerprint density at radius 2 is 1.68 bits per heavy atom. The number of carboxylic acid groups (broad SMARTS) is 1. The molecular formula is C24H25N5O5. The molecule has 3 aromatic rings. The van der Waals surface area contributed by atoms with Crippen molar-refractivity contribution in [3.05, 3.63) is 65.5 Å². The van der Waals surface area contributed by atoms with Crippen LogP contribution >= 0.6 is 0 Å². The van der Waals surface area contributed by atoms with E-state index in [0.717, 1.165) is 22.3 Å². The van der Waals surface area contributed by atoms with Gasteiger partial charge < -0.3 is 15.2 Å². The molecule has 10 heteroatoms. The van der Waals surface area contributed by atoms with Gasteiger partial charge in [-0.25, -0.2) is 4.79 Å². The third-order valence-corrected chi connectivity index (χ3v) is 5.86. The highest BCUT2D eigenvalue weighted by Gasteiger charge is 2.29. The summed E-state index contributed by atoms with van der Waals surface area (Å²) in [5, 5.41) is 20.4. The van der Waals surface area contributed by atoms with Gasteiger partial charge in [-0.3, -0.25) is 20.0 Å². The number of anilines is 1. The molecule has 1 heterocycles. The predicted molar refractivity (Wildman–Crippen MR) is 123 cm³/mol. The van der Waals surface area contributed by atoms with E-state index < -0.39 is 23.9 Å². The van der Waals surface area contributed by atoms with Crippen LogP contribution in [0.15, 0.2) is 48.5 Å². The van der Waals surface area contributed by atoms with E-state index in [1.807, 2.05) is 48.5 Å². The van der Waals surface area contributed by atoms with Gasteiger partial charge in [0.2, 0.25) is 5.82 Å². The fraction of sp³-hybridized carbons (Fsp3) is 0.292. The fourth-order valence-electron chi connectivity index (χ4n) is 4.04. The molecule has 1 unspecified atom stereocenters. The van der Waals surface area contributed by atoms with Crippen LogP contribution in [0.3, 0.4) is 0 Å². The predicted octanol–water partition coefficient (Wildman–Crippen LogP) is 3.25. The van der Waals surface area contributed by atoms with Crippen molar-refractivity contribution in [2.45, 2.75) is 19.8 Å². The molecule has 176 valence electrons. The molecule has 1 atom stereocenters. The number of carbonyl (C=O) groups is 3. The highest BCUT2D eigenvalue weighted by Crippen LogP contribution is 2.44. The number of nitrogens with one attached hydrogen (secondary N) is 3. The molecule has 2 aromatic carbocycles. The van der Waals surface area contributed by atoms with Crippen molar-refractivity contribution < 1.29 is 24.2 Å². The Labute approximate surface area is 195 Å². The van der Waals surface area contributed by atoms with Crippen molar-refractivity contribution in [1.29, 1.82) is 0 Å². The molecule has 0 spiro atoms. The van der Waals surface area contributed by atoms with E-state index in [4.69, 9.17) is 4.74 Å². The largest absolute Gasteiger partial charge is 0.481 e. The van der Waals surface area contributed by atoms with Gasteiger partial charge in [0.25, 0.3) is 11.9 Å². The van der Waals surface area contributed by atoms with Gasteiger partial charge >= 0.3 is 12.1 Å². The third-order valence-electron chi connectivity index (χ3n) is 5.86. The van der Waals surface area contributed by atoms with Crippen LogP contribution in [0.1, 0.15) is 41.5 Å². The normalized spacial score (nSPS) is 13.1. The smallest absolute Gasteiger partial charge is 0.414 e. The summed E-state index contributed by atoms with van der Waals surface area (Å²) in [5.41, 5.74) is 4.43. The van der Waals surface area contributed by atoms with Crippen LogP contribution in [0, 0.1) is 11.8 Å². The first-order valence-electron chi connectivity index (χ1n) is 10.9. The second-order valence-corrected chi connectivity index (χ2v) is 8.36. The number of aromatic amines is 1. The number of hydrogen-bond donors (Lipinski definition) is 4. The number of nitrogens with zero attached hydrogens (tertiary/aromatic N) is 2. The molecule has 0 bridgehead atoms. The van der Waals surface area contributed by atoms with Crippen LogP contribution in [0.25, 0.3) is 11.1 Å². The van der Waals surface area contributed by atoms with Crippen LogP contribution in [0.4, 0.5) is 10.7 Å². The molecule has 0 saturated heterocycles. The summed E-state index contributed by atoms with van der Waals surface area (Å²) in [6, 6.07) is 16.0. The maximum atomic E-state index is 12.3. The molecule has 10 nitrogen and oxygen atoms in total. The Hall–Kier alpha value is -4.21. The van der Waals surface area contributed by atoms with Gasteiger partial charge in [-0.05, 0) is 28.2 Å². The third kappa shape index (κ3) is 4.75. The first-order chi connectivity index (χ1) is 16.3. The van der Waals surface area contributed by atoms with E-state index in [1.165, 1.54) is 0 Å². The number of rotatable bonds is 8. The Morgan fingerprint density at radius 3 is 2.26 bits per heavy atom. The molecule has 1 aliphatic rings. The van der Waals surface area contributed by atoms with E-state index >= 15 is 0 Å². The summed E-state index contributed by atoms with van der Waals surface area (Å²) in [7, 11) is 0. The maximum Gasteiger partial charge on any atom is 0.414 e. The van der Waals surface area contributed by atoms with Crippen molar-refractivity contribution in [2.24, 2.45) is 11.8 Å². The molecule has 0 aliphatic heterocycles. The van der Waals surface area contributed by atoms with E-state index in [0.29, 0.717) is 0 Å². The summed E-state index contributed by atoms with van der Waals surface area (Å²) in [4.78, 5) is 39.8. The summed E-state index contributed by atoms with van der Waals surface area (Å²) in [5.74, 6) is -2.87. The van der Waals surface area contributed by atoms with E-state index in [-0.39, 0.29) is 36.8 Å². The van der Waals surface area contributed by atoms with Crippen molar-refractivity contribution in [3.63, 3.8) is 0 Å². The average molecular weight is 463 g/mol. The van der Waals surface area contributed by atoms with Crippen LogP contribution in [0.5, 0.6) is 0 Å². The second kappa shape index (κ2) is 9.74. The van der Waals surface area contributed by atoms with E-state index in [1.54, 1.807) is 13.8 Å². The Kier molecular flexibility index (Phi) is 6.58. The summed E-state index contributed by atoms with van der Waals surface area (Å²) < 4.78 is 5.44. The molecule has 0 radical (unpaired) electrons. The molecule has 34 heavy (non-hydrogen) atoms. The lowest BCUT2D eigenvalue weighted by Gasteiger charge is -2.16. The lowest BCUT2D eigenvalue weighted by atomic mass is 9.96. The highest BCUT2D eigenvalue weighted by molar-refractivity contribution is 5.91. The number of benzene rings is 2. The monoisotopic (exact) mass is 463 g/mol. The van der Waals surface area contributed by atoms with Crippen LogP contribution in [-0.2, 0) is 9.53 Å². The minimum Gasteiger partial charge on any atom is -0.481 e. The SMILES string of the molecule is CC(C)C(CNC(=O)c1nc(NC(=O)OCC2c3ccccc3-c3ccccc32)n[nH]1)C(=O)O. The van der Waals surface area contributed by atoms with Crippen LogP contribution < -0.4 is 10.6 Å². The lowest BCUT2D eigenvalue weighted by Crippen LogP contribution is -2.36. The van der Waals surface area contributed by atoms with Gasteiger partial charge in [-0.2, -0.15) is 4.98 Å². The van der Waals surface area contributed by atoms with Gasteiger partial charge in [0.05, 0.1) is 5.92 Å². The maximum absolute atomic E-state index is 12.3. The molecule has 4 rings (SSSR count). The average Bonchev–Trinajstić information content (AvgIpc) is 3.40. The number of aromatic nitrogens is 3. The number of aliphatic carboxylic acids is 1. The first kappa shape index (κ1) is 23.0.